The highest BCUT2D eigenvalue weighted by Crippen LogP contribution is 2.24. The lowest BCUT2D eigenvalue weighted by molar-refractivity contribution is -0.140. The van der Waals surface area contributed by atoms with Gasteiger partial charge in [-0.1, -0.05) is 29.8 Å². The molecule has 0 bridgehead atoms. The fourth-order valence-corrected chi connectivity index (χ4v) is 4.43. The second-order valence-electron chi connectivity index (χ2n) is 9.21. The number of hydrogen-bond acceptors (Lipinski definition) is 7. The van der Waals surface area contributed by atoms with E-state index in [1.54, 1.807) is 42.5 Å². The van der Waals surface area contributed by atoms with Crippen molar-refractivity contribution in [1.29, 1.82) is 0 Å². The Balaban J connectivity index is 1.32. The number of guanidine groups is 1. The van der Waals surface area contributed by atoms with Crippen LogP contribution in [0.15, 0.2) is 71.7 Å². The number of pyridine rings is 1. The van der Waals surface area contributed by atoms with Crippen LogP contribution in [-0.4, -0.2) is 53.5 Å². The molecule has 2 N–H and O–H groups in total. The first-order valence-electron chi connectivity index (χ1n) is 12.6. The number of nitrogens with zero attached hydrogens (tertiary/aromatic N) is 3. The van der Waals surface area contributed by atoms with E-state index in [1.165, 1.54) is 17.0 Å². The van der Waals surface area contributed by atoms with Crippen molar-refractivity contribution in [2.45, 2.75) is 25.4 Å². The molecule has 2 aliphatic heterocycles. The Morgan fingerprint density at radius 1 is 1.08 bits per heavy atom. The molecule has 11 heteroatoms. The molecule has 1 atom stereocenters. The van der Waals surface area contributed by atoms with E-state index in [0.717, 1.165) is 5.56 Å². The van der Waals surface area contributed by atoms with Gasteiger partial charge in [0.1, 0.15) is 11.7 Å². The van der Waals surface area contributed by atoms with Crippen LogP contribution in [0.2, 0.25) is 5.02 Å². The van der Waals surface area contributed by atoms with Crippen LogP contribution in [0.1, 0.15) is 18.4 Å². The molecular formula is C28H27ClFN5O4. The van der Waals surface area contributed by atoms with Crippen LogP contribution in [0, 0.1) is 11.9 Å². The fourth-order valence-electron chi connectivity index (χ4n) is 4.31. The summed E-state index contributed by atoms with van der Waals surface area (Å²) in [5, 5.41) is 6.76. The molecule has 1 fully saturated rings. The highest BCUT2D eigenvalue weighted by molar-refractivity contribution is 6.30. The van der Waals surface area contributed by atoms with Crippen molar-refractivity contribution in [2.75, 3.05) is 25.1 Å². The van der Waals surface area contributed by atoms with Crippen LogP contribution >= 0.6 is 11.6 Å². The molecule has 9 nitrogen and oxygen atoms in total. The van der Waals surface area contributed by atoms with Gasteiger partial charge in [0.05, 0.1) is 13.1 Å². The largest absolute Gasteiger partial charge is 0.439 e. The molecule has 2 aromatic carbocycles. The predicted octanol–water partition coefficient (Wildman–Crippen LogP) is 4.39. The van der Waals surface area contributed by atoms with E-state index in [4.69, 9.17) is 21.1 Å². The Hall–Kier alpha value is -4.02. The van der Waals surface area contributed by atoms with E-state index in [1.807, 2.05) is 12.1 Å². The zero-order valence-corrected chi connectivity index (χ0v) is 21.7. The van der Waals surface area contributed by atoms with Crippen LogP contribution in [-0.2, 0) is 20.9 Å². The van der Waals surface area contributed by atoms with Crippen LogP contribution in [0.5, 0.6) is 11.6 Å². The van der Waals surface area contributed by atoms with Crippen molar-refractivity contribution in [1.82, 2.24) is 15.2 Å². The summed E-state index contributed by atoms with van der Waals surface area (Å²) in [6, 6.07) is 18.3. The molecule has 1 saturated heterocycles. The van der Waals surface area contributed by atoms with Crippen LogP contribution in [0.4, 0.5) is 10.1 Å². The molecule has 0 saturated carbocycles. The molecule has 3 aromatic rings. The quantitative estimate of drug-likeness (QED) is 0.333. The third-order valence-electron chi connectivity index (χ3n) is 6.40. The lowest BCUT2D eigenvalue weighted by Gasteiger charge is -2.33. The second-order valence-corrected chi connectivity index (χ2v) is 9.65. The van der Waals surface area contributed by atoms with Gasteiger partial charge in [0.15, 0.2) is 0 Å². The number of hydrogen-bond donors (Lipinski definition) is 2. The number of ether oxygens (including phenoxy) is 2. The van der Waals surface area contributed by atoms with Gasteiger partial charge in [-0.05, 0) is 60.9 Å². The third-order valence-corrected chi connectivity index (χ3v) is 6.66. The summed E-state index contributed by atoms with van der Waals surface area (Å²) >= 11 is 6.04. The van der Waals surface area contributed by atoms with Gasteiger partial charge in [-0.2, -0.15) is 9.37 Å². The minimum Gasteiger partial charge on any atom is -0.439 e. The van der Waals surface area contributed by atoms with E-state index in [2.05, 4.69) is 20.6 Å². The second kappa shape index (κ2) is 12.2. The van der Waals surface area contributed by atoms with Gasteiger partial charge in [-0.3, -0.25) is 19.5 Å². The Morgan fingerprint density at radius 3 is 2.54 bits per heavy atom. The average molecular weight is 552 g/mol. The minimum absolute atomic E-state index is 0.0180. The lowest BCUT2D eigenvalue weighted by Crippen LogP contribution is -2.54. The summed E-state index contributed by atoms with van der Waals surface area (Å²) < 4.78 is 24.3. The number of amides is 2. The molecule has 5 rings (SSSR count). The molecule has 1 aromatic heterocycles. The van der Waals surface area contributed by atoms with Gasteiger partial charge in [-0.25, -0.2) is 0 Å². The molecule has 202 valence electrons. The molecule has 0 spiro atoms. The standard InChI is InChI=1S/C28H27ClFN5O4/c29-19-6-4-18(5-7-19)17-35-27(37)23(26(36)32-21-12-14-38-15-13-21)16-31-28(35)33-20-8-10-22(11-9-20)39-25-3-1-2-24(30)34-25/h1-11,21,23H,12-17H2,(H,31,33)(H,32,36). The predicted molar refractivity (Wildman–Crippen MR) is 144 cm³/mol. The van der Waals surface area contributed by atoms with Crippen molar-refractivity contribution in [3.8, 4) is 11.6 Å². The molecule has 3 heterocycles. The van der Waals surface area contributed by atoms with Gasteiger partial charge < -0.3 is 20.1 Å². The van der Waals surface area contributed by atoms with Crippen LogP contribution < -0.4 is 15.4 Å². The molecule has 1 unspecified atom stereocenters. The number of benzene rings is 2. The third kappa shape index (κ3) is 6.90. The van der Waals surface area contributed by atoms with Crippen molar-refractivity contribution in [3.05, 3.63) is 83.3 Å². The Bertz CT molecular complexity index is 1350. The zero-order valence-electron chi connectivity index (χ0n) is 21.0. The number of rotatable bonds is 7. The van der Waals surface area contributed by atoms with Crippen molar-refractivity contribution in [2.24, 2.45) is 10.9 Å². The monoisotopic (exact) mass is 551 g/mol. The van der Waals surface area contributed by atoms with Gasteiger partial charge in [0, 0.05) is 36.0 Å². The SMILES string of the molecule is O=C(NC1CCOCC1)C1CN=C(Nc2ccc(Oc3cccc(F)n3)cc2)N(Cc2ccc(Cl)cc2)C1=O. The molecule has 2 aliphatic rings. The highest BCUT2D eigenvalue weighted by atomic mass is 35.5. The van der Waals surface area contributed by atoms with E-state index in [-0.39, 0.29) is 36.8 Å². The first kappa shape index (κ1) is 26.6. The summed E-state index contributed by atoms with van der Waals surface area (Å²) in [6.45, 7) is 1.40. The van der Waals surface area contributed by atoms with Gasteiger partial charge >= 0.3 is 0 Å². The summed E-state index contributed by atoms with van der Waals surface area (Å²) in [6.07, 6.45) is 1.43. The molecule has 0 aliphatic carbocycles. The molecular weight excluding hydrogens is 525 g/mol. The number of aliphatic imine (C=N–C) groups is 1. The highest BCUT2D eigenvalue weighted by Gasteiger charge is 2.37. The average Bonchev–Trinajstić information content (AvgIpc) is 2.93. The summed E-state index contributed by atoms with van der Waals surface area (Å²) in [5.74, 6) is -1.31. The Morgan fingerprint density at radius 2 is 1.82 bits per heavy atom. The maximum atomic E-state index is 13.6. The molecule has 39 heavy (non-hydrogen) atoms. The van der Waals surface area contributed by atoms with Crippen LogP contribution in [0.25, 0.3) is 0 Å². The maximum Gasteiger partial charge on any atom is 0.244 e. The van der Waals surface area contributed by atoms with E-state index >= 15 is 0 Å². The Labute approximate surface area is 230 Å². The van der Waals surface area contributed by atoms with Gasteiger partial charge in [0.25, 0.3) is 0 Å². The first-order valence-corrected chi connectivity index (χ1v) is 13.0. The van der Waals surface area contributed by atoms with Crippen molar-refractivity contribution >= 4 is 35.1 Å². The number of aromatic nitrogens is 1. The number of nitrogens with one attached hydrogen (secondary N) is 2. The number of carbonyl (C=O) groups is 2. The maximum absolute atomic E-state index is 13.6. The van der Waals surface area contributed by atoms with E-state index in [9.17, 15) is 14.0 Å². The summed E-state index contributed by atoms with van der Waals surface area (Å²) in [5.41, 5.74) is 1.48. The number of anilines is 1. The van der Waals surface area contributed by atoms with Crippen LogP contribution in [0.3, 0.4) is 0 Å². The number of carbonyl (C=O) groups excluding carboxylic acids is 2. The smallest absolute Gasteiger partial charge is 0.244 e. The summed E-state index contributed by atoms with van der Waals surface area (Å²) in [4.78, 5) is 36.4. The first-order chi connectivity index (χ1) is 18.9. The zero-order chi connectivity index (χ0) is 27.2. The van der Waals surface area contributed by atoms with E-state index < -0.39 is 11.9 Å². The summed E-state index contributed by atoms with van der Waals surface area (Å²) in [7, 11) is 0. The normalized spacial score (nSPS) is 17.9. The minimum atomic E-state index is -0.930. The molecule has 2 amide bonds. The van der Waals surface area contributed by atoms with Crippen molar-refractivity contribution < 1.29 is 23.5 Å². The van der Waals surface area contributed by atoms with Gasteiger partial charge in [0.2, 0.25) is 29.6 Å². The molecule has 0 radical (unpaired) electrons. The Kier molecular flexibility index (Phi) is 8.33. The van der Waals surface area contributed by atoms with E-state index in [0.29, 0.717) is 48.5 Å². The van der Waals surface area contributed by atoms with Gasteiger partial charge in [-0.15, -0.1) is 0 Å². The fraction of sp³-hybridized carbons (Fsp3) is 0.286. The number of halogens is 2. The topological polar surface area (TPSA) is 105 Å². The van der Waals surface area contributed by atoms with Crippen molar-refractivity contribution in [3.63, 3.8) is 0 Å². The lowest BCUT2D eigenvalue weighted by atomic mass is 10.0.